The highest BCUT2D eigenvalue weighted by Crippen LogP contribution is 2.35. The molecule has 0 saturated carbocycles. The molecule has 0 aromatic carbocycles. The summed E-state index contributed by atoms with van der Waals surface area (Å²) in [4.78, 5) is 15.7. The molecule has 5 heteroatoms. The van der Waals surface area contributed by atoms with Crippen molar-refractivity contribution >= 4 is 22.3 Å². The molecule has 2 N–H and O–H groups in total. The first-order chi connectivity index (χ1) is 9.02. The SMILES string of the molecule is CCCN1CCc2c(sc(N)c2C(=O)OC(C)C)C1. The molecule has 106 valence electrons. The van der Waals surface area contributed by atoms with E-state index in [-0.39, 0.29) is 12.1 Å². The number of rotatable bonds is 4. The first kappa shape index (κ1) is 14.3. The van der Waals surface area contributed by atoms with Crippen LogP contribution in [0.1, 0.15) is 48.0 Å². The van der Waals surface area contributed by atoms with Gasteiger partial charge in [0.25, 0.3) is 0 Å². The number of nitrogen functional groups attached to an aromatic ring is 1. The average molecular weight is 282 g/mol. The monoisotopic (exact) mass is 282 g/mol. The lowest BCUT2D eigenvalue weighted by Gasteiger charge is -2.26. The number of fused-ring (bicyclic) bond motifs is 1. The molecular weight excluding hydrogens is 260 g/mol. The zero-order valence-electron chi connectivity index (χ0n) is 11.9. The lowest BCUT2D eigenvalue weighted by atomic mass is 10.0. The normalized spacial score (nSPS) is 15.6. The molecule has 2 rings (SSSR count). The number of hydrogen-bond acceptors (Lipinski definition) is 5. The molecule has 0 unspecified atom stereocenters. The third-order valence-corrected chi connectivity index (χ3v) is 4.30. The van der Waals surface area contributed by atoms with Gasteiger partial charge in [-0.05, 0) is 38.8 Å². The number of esters is 1. The smallest absolute Gasteiger partial charge is 0.341 e. The number of carbonyl (C=O) groups excluding carboxylic acids is 1. The Morgan fingerprint density at radius 1 is 1.53 bits per heavy atom. The number of anilines is 1. The third kappa shape index (κ3) is 3.09. The van der Waals surface area contributed by atoms with Gasteiger partial charge in [0.2, 0.25) is 0 Å². The fourth-order valence-corrected chi connectivity index (χ4v) is 3.63. The highest BCUT2D eigenvalue weighted by atomic mass is 32.1. The molecule has 1 aliphatic heterocycles. The van der Waals surface area contributed by atoms with Crippen molar-refractivity contribution < 1.29 is 9.53 Å². The Hall–Kier alpha value is -1.07. The van der Waals surface area contributed by atoms with E-state index in [4.69, 9.17) is 10.5 Å². The Labute approximate surface area is 118 Å². The van der Waals surface area contributed by atoms with Gasteiger partial charge in [-0.3, -0.25) is 4.90 Å². The van der Waals surface area contributed by atoms with E-state index in [1.54, 1.807) is 0 Å². The van der Waals surface area contributed by atoms with Crippen LogP contribution in [-0.2, 0) is 17.7 Å². The van der Waals surface area contributed by atoms with Crippen LogP contribution in [0.5, 0.6) is 0 Å². The van der Waals surface area contributed by atoms with Crippen LogP contribution >= 0.6 is 11.3 Å². The molecule has 0 bridgehead atoms. The fraction of sp³-hybridized carbons (Fsp3) is 0.643. The molecule has 2 heterocycles. The Bertz CT molecular complexity index is 468. The predicted octanol–water partition coefficient (Wildman–Crippen LogP) is 2.66. The molecule has 0 saturated heterocycles. The molecule has 1 aliphatic rings. The summed E-state index contributed by atoms with van der Waals surface area (Å²) >= 11 is 1.54. The number of nitrogens with two attached hydrogens (primary N) is 1. The Morgan fingerprint density at radius 3 is 2.89 bits per heavy atom. The van der Waals surface area contributed by atoms with Gasteiger partial charge < -0.3 is 10.5 Å². The van der Waals surface area contributed by atoms with Crippen LogP contribution in [0.15, 0.2) is 0 Å². The topological polar surface area (TPSA) is 55.6 Å². The maximum absolute atomic E-state index is 12.1. The van der Waals surface area contributed by atoms with E-state index in [1.165, 1.54) is 16.2 Å². The van der Waals surface area contributed by atoms with Gasteiger partial charge in [-0.25, -0.2) is 4.79 Å². The Kier molecular flexibility index (Phi) is 4.47. The van der Waals surface area contributed by atoms with E-state index in [0.717, 1.165) is 38.0 Å². The maximum atomic E-state index is 12.1. The molecule has 0 amide bonds. The highest BCUT2D eigenvalue weighted by molar-refractivity contribution is 7.16. The summed E-state index contributed by atoms with van der Waals surface area (Å²) in [5, 5.41) is 0.606. The molecule has 0 radical (unpaired) electrons. The van der Waals surface area contributed by atoms with E-state index >= 15 is 0 Å². The van der Waals surface area contributed by atoms with Crippen LogP contribution in [-0.4, -0.2) is 30.1 Å². The second kappa shape index (κ2) is 5.92. The zero-order valence-corrected chi connectivity index (χ0v) is 12.7. The van der Waals surface area contributed by atoms with Gasteiger partial charge in [0, 0.05) is 18.0 Å². The quantitative estimate of drug-likeness (QED) is 0.863. The molecule has 1 aromatic rings. The van der Waals surface area contributed by atoms with Crippen molar-refractivity contribution in [2.24, 2.45) is 0 Å². The molecule has 0 atom stereocenters. The molecule has 0 spiro atoms. The minimum Gasteiger partial charge on any atom is -0.459 e. The first-order valence-corrected chi connectivity index (χ1v) is 7.67. The Balaban J connectivity index is 2.22. The van der Waals surface area contributed by atoms with E-state index < -0.39 is 0 Å². The molecular formula is C14H22N2O2S. The lowest BCUT2D eigenvalue weighted by Crippen LogP contribution is -2.31. The van der Waals surface area contributed by atoms with Crippen LogP contribution in [0.3, 0.4) is 0 Å². The van der Waals surface area contributed by atoms with E-state index in [1.807, 2.05) is 13.8 Å². The summed E-state index contributed by atoms with van der Waals surface area (Å²) in [6.45, 7) is 8.91. The van der Waals surface area contributed by atoms with Crippen molar-refractivity contribution in [3.63, 3.8) is 0 Å². The van der Waals surface area contributed by atoms with E-state index in [0.29, 0.717) is 10.6 Å². The maximum Gasteiger partial charge on any atom is 0.341 e. The molecule has 19 heavy (non-hydrogen) atoms. The van der Waals surface area contributed by atoms with Gasteiger partial charge in [-0.1, -0.05) is 6.92 Å². The minimum absolute atomic E-state index is 0.109. The number of carbonyl (C=O) groups is 1. The first-order valence-electron chi connectivity index (χ1n) is 6.86. The van der Waals surface area contributed by atoms with Crippen LogP contribution in [0.4, 0.5) is 5.00 Å². The molecule has 0 aliphatic carbocycles. The van der Waals surface area contributed by atoms with Crippen molar-refractivity contribution in [2.75, 3.05) is 18.8 Å². The number of thiophene rings is 1. The summed E-state index contributed by atoms with van der Waals surface area (Å²) < 4.78 is 5.29. The van der Waals surface area contributed by atoms with Gasteiger partial charge in [0.1, 0.15) is 5.00 Å². The van der Waals surface area contributed by atoms with Gasteiger partial charge in [0.05, 0.1) is 11.7 Å². The van der Waals surface area contributed by atoms with Crippen LogP contribution < -0.4 is 5.73 Å². The summed E-state index contributed by atoms with van der Waals surface area (Å²) in [6.07, 6.45) is 1.94. The summed E-state index contributed by atoms with van der Waals surface area (Å²) in [7, 11) is 0. The number of nitrogens with zero attached hydrogens (tertiary/aromatic N) is 1. The second-order valence-corrected chi connectivity index (χ2v) is 6.36. The van der Waals surface area contributed by atoms with Crippen LogP contribution in [0.25, 0.3) is 0 Å². The Morgan fingerprint density at radius 2 is 2.26 bits per heavy atom. The molecule has 0 fully saturated rings. The van der Waals surface area contributed by atoms with Gasteiger partial charge in [-0.2, -0.15) is 0 Å². The number of ether oxygens (including phenoxy) is 1. The van der Waals surface area contributed by atoms with Crippen molar-refractivity contribution in [2.45, 2.75) is 46.3 Å². The van der Waals surface area contributed by atoms with Crippen LogP contribution in [0, 0.1) is 0 Å². The van der Waals surface area contributed by atoms with Crippen molar-refractivity contribution in [3.05, 3.63) is 16.0 Å². The van der Waals surface area contributed by atoms with Crippen LogP contribution in [0.2, 0.25) is 0 Å². The van der Waals surface area contributed by atoms with E-state index in [2.05, 4.69) is 11.8 Å². The van der Waals surface area contributed by atoms with Crippen molar-refractivity contribution in [3.8, 4) is 0 Å². The zero-order chi connectivity index (χ0) is 14.0. The molecule has 1 aromatic heterocycles. The van der Waals surface area contributed by atoms with Gasteiger partial charge in [0.15, 0.2) is 0 Å². The summed E-state index contributed by atoms with van der Waals surface area (Å²) in [6, 6.07) is 0. The van der Waals surface area contributed by atoms with Crippen molar-refractivity contribution in [1.29, 1.82) is 0 Å². The highest BCUT2D eigenvalue weighted by Gasteiger charge is 2.27. The van der Waals surface area contributed by atoms with Gasteiger partial charge >= 0.3 is 5.97 Å². The molecule has 4 nitrogen and oxygen atoms in total. The minimum atomic E-state index is -0.269. The van der Waals surface area contributed by atoms with Crippen molar-refractivity contribution in [1.82, 2.24) is 4.90 Å². The fourth-order valence-electron chi connectivity index (χ4n) is 2.48. The standard InChI is InChI=1S/C14H22N2O2S/c1-4-6-16-7-5-10-11(8-16)19-13(15)12(10)14(17)18-9(2)3/h9H,4-8,15H2,1-3H3. The third-order valence-electron chi connectivity index (χ3n) is 3.25. The van der Waals surface area contributed by atoms with E-state index in [9.17, 15) is 4.79 Å². The largest absolute Gasteiger partial charge is 0.459 e. The predicted molar refractivity (Wildman–Crippen MR) is 78.6 cm³/mol. The second-order valence-electron chi connectivity index (χ2n) is 5.22. The lowest BCUT2D eigenvalue weighted by molar-refractivity contribution is 0.0378. The summed E-state index contributed by atoms with van der Waals surface area (Å²) in [5.41, 5.74) is 7.74. The summed E-state index contributed by atoms with van der Waals surface area (Å²) in [5.74, 6) is -0.269. The number of hydrogen-bond donors (Lipinski definition) is 1. The van der Waals surface area contributed by atoms with Gasteiger partial charge in [-0.15, -0.1) is 11.3 Å². The average Bonchev–Trinajstić information content (AvgIpc) is 2.63.